The van der Waals surface area contributed by atoms with E-state index in [9.17, 15) is 27.2 Å². The number of aryl methyl sites for hydroxylation is 1. The summed E-state index contributed by atoms with van der Waals surface area (Å²) in [4.78, 5) is 33.9. The SMILES string of the molecule is Cn1c(=O)c(-c2ccc(Cl)cc2)c(-c2ccc(F)nc2)c2nn(Cc3ccc(C(F)(F)F)nc3)c(=O)n21. The summed E-state index contributed by atoms with van der Waals surface area (Å²) in [5.74, 6) is -0.741. The van der Waals surface area contributed by atoms with Crippen LogP contribution in [0, 0.1) is 5.95 Å². The second kappa shape index (κ2) is 8.96. The van der Waals surface area contributed by atoms with Crippen molar-refractivity contribution < 1.29 is 17.6 Å². The van der Waals surface area contributed by atoms with Crippen molar-refractivity contribution in [1.82, 2.24) is 28.9 Å². The molecule has 0 N–H and O–H groups in total. The predicted octanol–water partition coefficient (Wildman–Crippen LogP) is 4.18. The summed E-state index contributed by atoms with van der Waals surface area (Å²) in [5.41, 5.74) is -0.798. The zero-order chi connectivity index (χ0) is 26.5. The summed E-state index contributed by atoms with van der Waals surface area (Å²) >= 11 is 6.01. The van der Waals surface area contributed by atoms with E-state index in [0.717, 1.165) is 32.2 Å². The maximum atomic E-state index is 13.6. The number of hydrogen-bond acceptors (Lipinski definition) is 5. The number of rotatable bonds is 4. The predicted molar refractivity (Wildman–Crippen MR) is 127 cm³/mol. The van der Waals surface area contributed by atoms with Crippen molar-refractivity contribution in [1.29, 1.82) is 0 Å². The first-order valence-corrected chi connectivity index (χ1v) is 11.0. The topological polar surface area (TPSA) is 87.1 Å². The second-order valence-corrected chi connectivity index (χ2v) is 8.52. The van der Waals surface area contributed by atoms with Crippen LogP contribution in [0.25, 0.3) is 27.9 Å². The van der Waals surface area contributed by atoms with Crippen LogP contribution in [0.4, 0.5) is 17.6 Å². The minimum atomic E-state index is -4.60. The van der Waals surface area contributed by atoms with Gasteiger partial charge in [-0.1, -0.05) is 29.8 Å². The molecule has 5 rings (SSSR count). The van der Waals surface area contributed by atoms with Crippen LogP contribution in [0.1, 0.15) is 11.3 Å². The number of hydrogen-bond donors (Lipinski definition) is 0. The Morgan fingerprint density at radius 1 is 0.892 bits per heavy atom. The van der Waals surface area contributed by atoms with Crippen molar-refractivity contribution in [2.75, 3.05) is 0 Å². The van der Waals surface area contributed by atoms with Gasteiger partial charge in [0, 0.05) is 35.6 Å². The van der Waals surface area contributed by atoms with Crippen molar-refractivity contribution in [2.24, 2.45) is 7.05 Å². The molecule has 0 saturated carbocycles. The Kier molecular flexibility index (Phi) is 5.91. The molecule has 8 nitrogen and oxygen atoms in total. The Balaban J connectivity index is 1.75. The monoisotopic (exact) mass is 530 g/mol. The highest BCUT2D eigenvalue weighted by Crippen LogP contribution is 2.32. The molecule has 0 atom stereocenters. The molecular formula is C24H15ClF4N6O2. The highest BCUT2D eigenvalue weighted by atomic mass is 35.5. The highest BCUT2D eigenvalue weighted by Gasteiger charge is 2.32. The van der Waals surface area contributed by atoms with E-state index in [1.807, 2.05) is 0 Å². The maximum Gasteiger partial charge on any atom is 0.433 e. The van der Waals surface area contributed by atoms with Crippen LogP contribution in [-0.4, -0.2) is 28.9 Å². The van der Waals surface area contributed by atoms with Gasteiger partial charge in [-0.25, -0.2) is 19.1 Å². The zero-order valence-electron chi connectivity index (χ0n) is 18.9. The van der Waals surface area contributed by atoms with E-state index in [1.165, 1.54) is 25.4 Å². The summed E-state index contributed by atoms with van der Waals surface area (Å²) in [5, 5.41) is 4.83. The van der Waals surface area contributed by atoms with Gasteiger partial charge in [0.25, 0.3) is 5.56 Å². The lowest BCUT2D eigenvalue weighted by Gasteiger charge is -2.13. The van der Waals surface area contributed by atoms with Gasteiger partial charge in [0.1, 0.15) is 5.69 Å². The summed E-state index contributed by atoms with van der Waals surface area (Å²) < 4.78 is 55.3. The lowest BCUT2D eigenvalue weighted by atomic mass is 9.97. The fourth-order valence-electron chi connectivity index (χ4n) is 3.94. The Hall–Kier alpha value is -4.32. The molecule has 0 bridgehead atoms. The summed E-state index contributed by atoms with van der Waals surface area (Å²) in [6.07, 6.45) is -2.39. The number of nitrogens with zero attached hydrogens (tertiary/aromatic N) is 6. The number of benzene rings is 1. The van der Waals surface area contributed by atoms with E-state index in [-0.39, 0.29) is 28.9 Å². The minimum Gasteiger partial charge on any atom is -0.267 e. The van der Waals surface area contributed by atoms with Gasteiger partial charge in [-0.15, -0.1) is 5.10 Å². The smallest absolute Gasteiger partial charge is 0.267 e. The van der Waals surface area contributed by atoms with Crippen LogP contribution in [-0.2, 0) is 19.8 Å². The van der Waals surface area contributed by atoms with E-state index in [2.05, 4.69) is 15.1 Å². The summed E-state index contributed by atoms with van der Waals surface area (Å²) in [6.45, 7) is -0.211. The molecule has 0 aliphatic carbocycles. The third kappa shape index (κ3) is 4.40. The largest absolute Gasteiger partial charge is 0.433 e. The molecule has 4 aromatic heterocycles. The van der Waals surface area contributed by atoms with Gasteiger partial charge in [-0.05, 0) is 41.5 Å². The second-order valence-electron chi connectivity index (χ2n) is 8.08. The Bertz CT molecular complexity index is 1740. The van der Waals surface area contributed by atoms with Crippen molar-refractivity contribution in [3.63, 3.8) is 0 Å². The number of aromatic nitrogens is 6. The molecular weight excluding hydrogens is 516 g/mol. The standard InChI is InChI=1S/C24H15ClF4N6O2/c1-33-22(36)20(14-3-6-16(25)7-4-14)19(15-5-9-18(26)31-11-15)21-32-34(23(37)35(21)33)12-13-2-8-17(30-10-13)24(27,28)29/h2-11H,12H2,1H3. The van der Waals surface area contributed by atoms with Crippen LogP contribution in [0.15, 0.2) is 70.5 Å². The summed E-state index contributed by atoms with van der Waals surface area (Å²) in [7, 11) is 1.38. The zero-order valence-corrected chi connectivity index (χ0v) is 19.6. The average molecular weight is 531 g/mol. The van der Waals surface area contributed by atoms with Gasteiger partial charge < -0.3 is 0 Å². The molecule has 0 aliphatic heterocycles. The third-order valence-corrected chi connectivity index (χ3v) is 5.95. The van der Waals surface area contributed by atoms with Crippen LogP contribution < -0.4 is 11.2 Å². The molecule has 0 saturated heterocycles. The first kappa shape index (κ1) is 24.4. The number of fused-ring (bicyclic) bond motifs is 1. The average Bonchev–Trinajstić information content (AvgIpc) is 3.18. The quantitative estimate of drug-likeness (QED) is 0.257. The molecule has 0 spiro atoms. The van der Waals surface area contributed by atoms with Gasteiger partial charge in [-0.3, -0.25) is 9.78 Å². The molecule has 13 heteroatoms. The van der Waals surface area contributed by atoms with E-state index in [1.54, 1.807) is 24.3 Å². The van der Waals surface area contributed by atoms with Gasteiger partial charge >= 0.3 is 11.9 Å². The maximum absolute atomic E-state index is 13.6. The van der Waals surface area contributed by atoms with Crippen LogP contribution in [0.3, 0.4) is 0 Å². The van der Waals surface area contributed by atoms with Crippen LogP contribution in [0.2, 0.25) is 5.02 Å². The molecule has 4 heterocycles. The van der Waals surface area contributed by atoms with Crippen molar-refractivity contribution in [3.8, 4) is 22.3 Å². The van der Waals surface area contributed by atoms with Gasteiger partial charge in [0.2, 0.25) is 5.95 Å². The molecule has 5 aromatic rings. The first-order chi connectivity index (χ1) is 17.5. The lowest BCUT2D eigenvalue weighted by Crippen LogP contribution is -2.33. The fourth-order valence-corrected chi connectivity index (χ4v) is 4.07. The van der Waals surface area contributed by atoms with E-state index in [4.69, 9.17) is 11.6 Å². The first-order valence-electron chi connectivity index (χ1n) is 10.7. The molecule has 0 unspecified atom stereocenters. The minimum absolute atomic E-state index is 0.0605. The Morgan fingerprint density at radius 3 is 2.19 bits per heavy atom. The van der Waals surface area contributed by atoms with Crippen LogP contribution >= 0.6 is 11.6 Å². The number of pyridine rings is 2. The van der Waals surface area contributed by atoms with E-state index >= 15 is 0 Å². The van der Waals surface area contributed by atoms with E-state index in [0.29, 0.717) is 16.1 Å². The number of alkyl halides is 3. The lowest BCUT2D eigenvalue weighted by molar-refractivity contribution is -0.141. The van der Waals surface area contributed by atoms with Crippen molar-refractivity contribution >= 4 is 17.2 Å². The summed E-state index contributed by atoms with van der Waals surface area (Å²) in [6, 6.07) is 10.9. The van der Waals surface area contributed by atoms with Crippen molar-refractivity contribution in [3.05, 3.63) is 104 Å². The van der Waals surface area contributed by atoms with Gasteiger partial charge in [0.15, 0.2) is 5.65 Å². The van der Waals surface area contributed by atoms with E-state index < -0.39 is 29.1 Å². The van der Waals surface area contributed by atoms with Crippen molar-refractivity contribution in [2.45, 2.75) is 12.7 Å². The van der Waals surface area contributed by atoms with Gasteiger partial charge in [0.05, 0.1) is 12.1 Å². The van der Waals surface area contributed by atoms with Crippen LogP contribution in [0.5, 0.6) is 0 Å². The molecule has 188 valence electrons. The highest BCUT2D eigenvalue weighted by molar-refractivity contribution is 6.30. The molecule has 0 aliphatic rings. The molecule has 0 radical (unpaired) electrons. The molecule has 1 aromatic carbocycles. The third-order valence-electron chi connectivity index (χ3n) is 5.70. The molecule has 0 amide bonds. The Labute approximate surface area is 210 Å². The Morgan fingerprint density at radius 2 is 1.59 bits per heavy atom. The molecule has 0 fully saturated rings. The van der Waals surface area contributed by atoms with Gasteiger partial charge in [-0.2, -0.15) is 22.1 Å². The fraction of sp³-hybridized carbons (Fsp3) is 0.125. The normalized spacial score (nSPS) is 11.8. The number of halogens is 5. The molecule has 37 heavy (non-hydrogen) atoms.